The maximum Gasteiger partial charge on any atom is 0.259 e. The average molecular weight is 352 g/mol. The zero-order chi connectivity index (χ0) is 18.5. The number of amides is 1. The third kappa shape index (κ3) is 4.04. The van der Waals surface area contributed by atoms with Crippen LogP contribution in [0.4, 0.5) is 11.5 Å². The molecule has 0 bridgehead atoms. The van der Waals surface area contributed by atoms with Crippen molar-refractivity contribution in [2.24, 2.45) is 0 Å². The number of carbonyl (C=O) groups excluding carboxylic acids is 1. The number of nitrogens with zero attached hydrogens (tertiary/aromatic N) is 4. The molecule has 134 valence electrons. The summed E-state index contributed by atoms with van der Waals surface area (Å²) in [6.07, 6.45) is 6.86. The molecule has 0 unspecified atom stereocenters. The average Bonchev–Trinajstić information content (AvgIpc) is 3.09. The number of aromatic nitrogens is 4. The number of methoxy groups -OCH3 is 1. The Balaban J connectivity index is 1.83. The molecule has 3 aromatic heterocycles. The van der Waals surface area contributed by atoms with Crippen LogP contribution in [0.2, 0.25) is 0 Å². The Bertz CT molecular complexity index is 922. The van der Waals surface area contributed by atoms with Crippen LogP contribution in [0.1, 0.15) is 16.1 Å². The number of nitrogen functional groups attached to an aromatic ring is 1. The quantitative estimate of drug-likeness (QED) is 0.703. The maximum atomic E-state index is 12.6. The molecular formula is C18H20N6O2. The minimum atomic E-state index is -0.325. The summed E-state index contributed by atoms with van der Waals surface area (Å²) >= 11 is 0. The first-order chi connectivity index (χ1) is 12.6. The number of hydrogen-bond acceptors (Lipinski definition) is 6. The van der Waals surface area contributed by atoms with E-state index in [0.29, 0.717) is 24.4 Å². The van der Waals surface area contributed by atoms with Gasteiger partial charge in [-0.2, -0.15) is 5.10 Å². The monoisotopic (exact) mass is 352 g/mol. The van der Waals surface area contributed by atoms with Gasteiger partial charge in [-0.15, -0.1) is 0 Å². The lowest BCUT2D eigenvalue weighted by atomic mass is 10.1. The van der Waals surface area contributed by atoms with Crippen LogP contribution in [0.15, 0.2) is 43.0 Å². The third-order valence-electron chi connectivity index (χ3n) is 3.81. The second kappa shape index (κ2) is 7.75. The molecule has 3 N–H and O–H groups in total. The van der Waals surface area contributed by atoms with Gasteiger partial charge in [0.05, 0.1) is 24.9 Å². The lowest BCUT2D eigenvalue weighted by Gasteiger charge is -2.09. The van der Waals surface area contributed by atoms with Gasteiger partial charge in [-0.05, 0) is 25.1 Å². The molecule has 0 aliphatic rings. The van der Waals surface area contributed by atoms with Gasteiger partial charge < -0.3 is 15.8 Å². The van der Waals surface area contributed by atoms with Gasteiger partial charge in [-0.25, -0.2) is 4.98 Å². The maximum absolute atomic E-state index is 12.6. The van der Waals surface area contributed by atoms with Crippen molar-refractivity contribution in [2.75, 3.05) is 24.8 Å². The molecule has 0 fully saturated rings. The van der Waals surface area contributed by atoms with Gasteiger partial charge in [0, 0.05) is 48.2 Å². The molecule has 0 saturated carbocycles. The number of carbonyl (C=O) groups is 1. The van der Waals surface area contributed by atoms with Gasteiger partial charge >= 0.3 is 0 Å². The van der Waals surface area contributed by atoms with Crippen molar-refractivity contribution in [2.45, 2.75) is 13.5 Å². The lowest BCUT2D eigenvalue weighted by molar-refractivity contribution is 0.102. The molecule has 0 aliphatic carbocycles. The van der Waals surface area contributed by atoms with E-state index >= 15 is 0 Å². The fraction of sp³-hybridized carbons (Fsp3) is 0.222. The van der Waals surface area contributed by atoms with Crippen molar-refractivity contribution in [3.05, 3.63) is 54.2 Å². The molecule has 0 atom stereocenters. The van der Waals surface area contributed by atoms with E-state index in [1.54, 1.807) is 48.6 Å². The smallest absolute Gasteiger partial charge is 0.259 e. The van der Waals surface area contributed by atoms with E-state index in [1.165, 1.54) is 0 Å². The summed E-state index contributed by atoms with van der Waals surface area (Å²) in [5, 5.41) is 7.09. The van der Waals surface area contributed by atoms with Crippen molar-refractivity contribution < 1.29 is 9.53 Å². The van der Waals surface area contributed by atoms with E-state index in [0.717, 1.165) is 16.8 Å². The molecule has 8 nitrogen and oxygen atoms in total. The number of anilines is 2. The summed E-state index contributed by atoms with van der Waals surface area (Å²) in [4.78, 5) is 20.8. The van der Waals surface area contributed by atoms with E-state index in [-0.39, 0.29) is 11.7 Å². The van der Waals surface area contributed by atoms with Crippen LogP contribution in [0.3, 0.4) is 0 Å². The summed E-state index contributed by atoms with van der Waals surface area (Å²) < 4.78 is 6.82. The summed E-state index contributed by atoms with van der Waals surface area (Å²) in [6.45, 7) is 3.07. The van der Waals surface area contributed by atoms with Crippen molar-refractivity contribution >= 4 is 17.4 Å². The molecule has 26 heavy (non-hydrogen) atoms. The van der Waals surface area contributed by atoms with Crippen molar-refractivity contribution in [1.29, 1.82) is 0 Å². The zero-order valence-electron chi connectivity index (χ0n) is 14.6. The molecule has 8 heteroatoms. The molecular weight excluding hydrogens is 332 g/mol. The van der Waals surface area contributed by atoms with Gasteiger partial charge in [0.15, 0.2) is 0 Å². The predicted octanol–water partition coefficient (Wildman–Crippen LogP) is 2.13. The second-order valence-corrected chi connectivity index (χ2v) is 5.78. The van der Waals surface area contributed by atoms with Crippen LogP contribution < -0.4 is 11.1 Å². The first-order valence-electron chi connectivity index (χ1n) is 8.08. The van der Waals surface area contributed by atoms with Gasteiger partial charge in [0.25, 0.3) is 5.91 Å². The lowest BCUT2D eigenvalue weighted by Crippen LogP contribution is -2.15. The highest BCUT2D eigenvalue weighted by Crippen LogP contribution is 2.22. The Labute approximate surface area is 151 Å². The summed E-state index contributed by atoms with van der Waals surface area (Å²) in [5.41, 5.74) is 9.28. The van der Waals surface area contributed by atoms with Gasteiger partial charge in [-0.3, -0.25) is 14.5 Å². The molecule has 1 amide bonds. The van der Waals surface area contributed by atoms with E-state index in [4.69, 9.17) is 10.5 Å². The Morgan fingerprint density at radius 1 is 1.27 bits per heavy atom. The van der Waals surface area contributed by atoms with Crippen LogP contribution in [0, 0.1) is 6.92 Å². The van der Waals surface area contributed by atoms with Crippen LogP contribution in [-0.2, 0) is 11.3 Å². The fourth-order valence-electron chi connectivity index (χ4n) is 2.46. The van der Waals surface area contributed by atoms with Gasteiger partial charge in [-0.1, -0.05) is 0 Å². The van der Waals surface area contributed by atoms with Crippen molar-refractivity contribution in [3.63, 3.8) is 0 Å². The molecule has 3 aromatic rings. The van der Waals surface area contributed by atoms with E-state index in [1.807, 2.05) is 13.1 Å². The van der Waals surface area contributed by atoms with E-state index in [9.17, 15) is 4.79 Å². The second-order valence-electron chi connectivity index (χ2n) is 5.78. The van der Waals surface area contributed by atoms with Gasteiger partial charge in [0.2, 0.25) is 0 Å². The SMILES string of the molecule is COCCn1cc(-c2cnc(N)c(C(=O)Nc3ccnc(C)c3)c2)cn1. The third-order valence-corrected chi connectivity index (χ3v) is 3.81. The summed E-state index contributed by atoms with van der Waals surface area (Å²) in [7, 11) is 1.64. The van der Waals surface area contributed by atoms with Crippen LogP contribution in [0.5, 0.6) is 0 Å². The van der Waals surface area contributed by atoms with Crippen LogP contribution in [-0.4, -0.2) is 39.4 Å². The van der Waals surface area contributed by atoms with Gasteiger partial charge in [0.1, 0.15) is 5.82 Å². The molecule has 0 aromatic carbocycles. The minimum Gasteiger partial charge on any atom is -0.383 e. The Kier molecular flexibility index (Phi) is 5.23. The molecule has 0 radical (unpaired) electrons. The molecule has 3 heterocycles. The normalized spacial score (nSPS) is 10.7. The first-order valence-corrected chi connectivity index (χ1v) is 8.08. The van der Waals surface area contributed by atoms with Crippen molar-refractivity contribution in [3.8, 4) is 11.1 Å². The Morgan fingerprint density at radius 2 is 2.12 bits per heavy atom. The number of nitrogens with one attached hydrogen (secondary N) is 1. The molecule has 0 aliphatic heterocycles. The molecule has 3 rings (SSSR count). The Morgan fingerprint density at radius 3 is 2.88 bits per heavy atom. The number of pyridine rings is 2. The van der Waals surface area contributed by atoms with Crippen molar-refractivity contribution in [1.82, 2.24) is 19.7 Å². The Hall–Kier alpha value is -3.26. The fourth-order valence-corrected chi connectivity index (χ4v) is 2.46. The zero-order valence-corrected chi connectivity index (χ0v) is 14.6. The molecule has 0 spiro atoms. The number of hydrogen-bond donors (Lipinski definition) is 2. The topological polar surface area (TPSA) is 108 Å². The highest BCUT2D eigenvalue weighted by molar-refractivity contribution is 6.07. The first kappa shape index (κ1) is 17.6. The highest BCUT2D eigenvalue weighted by Gasteiger charge is 2.14. The van der Waals surface area contributed by atoms with Crippen LogP contribution in [0.25, 0.3) is 11.1 Å². The minimum absolute atomic E-state index is 0.170. The molecule has 0 saturated heterocycles. The van der Waals surface area contributed by atoms with E-state index in [2.05, 4.69) is 20.4 Å². The van der Waals surface area contributed by atoms with Crippen LogP contribution >= 0.6 is 0 Å². The predicted molar refractivity (Wildman–Crippen MR) is 98.7 cm³/mol. The summed E-state index contributed by atoms with van der Waals surface area (Å²) in [5.74, 6) is -0.155. The highest BCUT2D eigenvalue weighted by atomic mass is 16.5. The largest absolute Gasteiger partial charge is 0.383 e. The standard InChI is InChI=1S/C18H20N6O2/c1-12-7-15(3-4-20-12)23-18(25)16-8-13(9-21-17(16)19)14-10-22-24(11-14)5-6-26-2/h3-4,7-11H,5-6H2,1-2H3,(H2,19,21)(H,20,23,25). The number of aryl methyl sites for hydroxylation is 1. The summed E-state index contributed by atoms with van der Waals surface area (Å²) in [6, 6.07) is 5.22. The van der Waals surface area contributed by atoms with E-state index < -0.39 is 0 Å². The number of nitrogens with two attached hydrogens (primary N) is 1. The number of ether oxygens (including phenoxy) is 1. The number of rotatable bonds is 6.